The molecule has 2 atom stereocenters. The molecule has 102 valence electrons. The fourth-order valence-electron chi connectivity index (χ4n) is 1.22. The predicted octanol–water partition coefficient (Wildman–Crippen LogP) is 1.39. The zero-order valence-corrected chi connectivity index (χ0v) is 9.63. The normalized spacial score (nSPS) is 15.6. The first-order valence-corrected chi connectivity index (χ1v) is 5.40. The zero-order valence-electron chi connectivity index (χ0n) is 9.63. The van der Waals surface area contributed by atoms with Gasteiger partial charge in [0.1, 0.15) is 0 Å². The van der Waals surface area contributed by atoms with Crippen molar-refractivity contribution >= 4 is 5.97 Å². The van der Waals surface area contributed by atoms with Crippen LogP contribution in [0.25, 0.3) is 0 Å². The Hall–Kier alpha value is -0.820. The first-order valence-electron chi connectivity index (χ1n) is 5.40. The number of halogens is 3. The molecule has 0 aliphatic carbocycles. The lowest BCUT2D eigenvalue weighted by molar-refractivity contribution is -0.201. The maximum Gasteiger partial charge on any atom is 0.415 e. The Morgan fingerprint density at radius 1 is 1.35 bits per heavy atom. The summed E-state index contributed by atoms with van der Waals surface area (Å²) in [5.41, 5.74) is 0. The average molecular weight is 257 g/mol. The smallest absolute Gasteiger partial charge is 0.415 e. The van der Waals surface area contributed by atoms with E-state index in [-0.39, 0.29) is 12.3 Å². The largest absolute Gasteiger partial charge is 0.481 e. The Bertz CT molecular complexity index is 233. The van der Waals surface area contributed by atoms with E-state index in [2.05, 4.69) is 5.32 Å². The van der Waals surface area contributed by atoms with Crippen molar-refractivity contribution in [3.63, 3.8) is 0 Å². The van der Waals surface area contributed by atoms with Crippen molar-refractivity contribution in [2.75, 3.05) is 13.1 Å². The minimum atomic E-state index is -4.60. The molecule has 0 aromatic rings. The van der Waals surface area contributed by atoms with E-state index >= 15 is 0 Å². The van der Waals surface area contributed by atoms with Gasteiger partial charge in [0.05, 0.1) is 0 Å². The Balaban J connectivity index is 3.54. The molecule has 0 spiro atoms. The third-order valence-electron chi connectivity index (χ3n) is 2.38. The quantitative estimate of drug-likeness (QED) is 0.575. The Kier molecular flexibility index (Phi) is 7.13. The topological polar surface area (TPSA) is 69.6 Å². The number of nitrogens with one attached hydrogen (secondary N) is 1. The van der Waals surface area contributed by atoms with Gasteiger partial charge in [-0.25, -0.2) is 0 Å². The summed E-state index contributed by atoms with van der Waals surface area (Å²) in [4.78, 5) is 10.3. The molecule has 0 saturated carbocycles. The van der Waals surface area contributed by atoms with E-state index in [0.717, 1.165) is 0 Å². The molecule has 0 aromatic carbocycles. The monoisotopic (exact) mass is 257 g/mol. The lowest BCUT2D eigenvalue weighted by Gasteiger charge is -2.16. The van der Waals surface area contributed by atoms with Crippen LogP contribution < -0.4 is 5.32 Å². The van der Waals surface area contributed by atoms with Crippen LogP contribution in [0.15, 0.2) is 0 Å². The van der Waals surface area contributed by atoms with E-state index in [0.29, 0.717) is 19.4 Å². The first kappa shape index (κ1) is 16.2. The van der Waals surface area contributed by atoms with Crippen LogP contribution in [-0.2, 0) is 4.79 Å². The number of rotatable bonds is 8. The molecule has 2 unspecified atom stereocenters. The number of aliphatic hydroxyl groups is 1. The van der Waals surface area contributed by atoms with Gasteiger partial charge >= 0.3 is 12.1 Å². The highest BCUT2D eigenvalue weighted by atomic mass is 19.4. The highest BCUT2D eigenvalue weighted by Gasteiger charge is 2.37. The summed E-state index contributed by atoms with van der Waals surface area (Å²) < 4.78 is 35.7. The van der Waals surface area contributed by atoms with Crippen LogP contribution in [0.5, 0.6) is 0 Å². The van der Waals surface area contributed by atoms with Gasteiger partial charge in [-0.3, -0.25) is 4.79 Å². The average Bonchev–Trinajstić information content (AvgIpc) is 2.19. The second kappa shape index (κ2) is 7.50. The minimum absolute atomic E-state index is 0.0618. The van der Waals surface area contributed by atoms with E-state index in [9.17, 15) is 18.0 Å². The Morgan fingerprint density at radius 2 is 1.94 bits per heavy atom. The van der Waals surface area contributed by atoms with Gasteiger partial charge in [-0.15, -0.1) is 0 Å². The number of hydrogen-bond donors (Lipinski definition) is 3. The highest BCUT2D eigenvalue weighted by Crippen LogP contribution is 2.19. The first-order chi connectivity index (χ1) is 7.73. The van der Waals surface area contributed by atoms with Gasteiger partial charge in [-0.2, -0.15) is 13.2 Å². The molecule has 0 aromatic heterocycles. The van der Waals surface area contributed by atoms with Crippen LogP contribution in [0.2, 0.25) is 0 Å². The summed E-state index contributed by atoms with van der Waals surface area (Å²) in [6.45, 7) is 1.63. The predicted molar refractivity (Wildman–Crippen MR) is 55.6 cm³/mol. The van der Waals surface area contributed by atoms with E-state index in [1.165, 1.54) is 0 Å². The van der Waals surface area contributed by atoms with Gasteiger partial charge in [0.15, 0.2) is 6.10 Å². The third-order valence-corrected chi connectivity index (χ3v) is 2.38. The maximum absolute atomic E-state index is 11.9. The lowest BCUT2D eigenvalue weighted by Crippen LogP contribution is -2.38. The summed E-state index contributed by atoms with van der Waals surface area (Å²) in [5, 5.41) is 19.6. The summed E-state index contributed by atoms with van der Waals surface area (Å²) in [6, 6.07) is 0. The van der Waals surface area contributed by atoms with Gasteiger partial charge in [-0.05, 0) is 25.3 Å². The van der Waals surface area contributed by atoms with Gasteiger partial charge in [0.2, 0.25) is 0 Å². The highest BCUT2D eigenvalue weighted by molar-refractivity contribution is 5.66. The molecular weight excluding hydrogens is 239 g/mol. The number of carbonyl (C=O) groups is 1. The van der Waals surface area contributed by atoms with Crippen LogP contribution in [0.3, 0.4) is 0 Å². The molecular formula is C10H18F3NO3. The SMILES string of the molecule is CC(CCNCC(O)C(F)(F)F)CCC(=O)O. The number of hydrogen-bond acceptors (Lipinski definition) is 3. The number of carboxylic acids is 1. The van der Waals surface area contributed by atoms with Gasteiger partial charge < -0.3 is 15.5 Å². The van der Waals surface area contributed by atoms with Gasteiger partial charge in [-0.1, -0.05) is 6.92 Å². The van der Waals surface area contributed by atoms with Crippen LogP contribution >= 0.6 is 0 Å². The molecule has 0 aliphatic rings. The van der Waals surface area contributed by atoms with Crippen molar-refractivity contribution in [1.29, 1.82) is 0 Å². The van der Waals surface area contributed by atoms with E-state index in [4.69, 9.17) is 10.2 Å². The molecule has 3 N–H and O–H groups in total. The van der Waals surface area contributed by atoms with Crippen molar-refractivity contribution in [2.45, 2.75) is 38.5 Å². The third kappa shape index (κ3) is 8.93. The second-order valence-electron chi connectivity index (χ2n) is 4.09. The summed E-state index contributed by atoms with van der Waals surface area (Å²) in [5.74, 6) is -0.751. The number of alkyl halides is 3. The van der Waals surface area contributed by atoms with E-state index in [1.807, 2.05) is 6.92 Å². The Morgan fingerprint density at radius 3 is 2.41 bits per heavy atom. The number of carboxylic acid groups (broad SMARTS) is 1. The molecule has 4 nitrogen and oxygen atoms in total. The van der Waals surface area contributed by atoms with Crippen molar-refractivity contribution in [3.05, 3.63) is 0 Å². The maximum atomic E-state index is 11.9. The van der Waals surface area contributed by atoms with Crippen molar-refractivity contribution < 1.29 is 28.2 Å². The van der Waals surface area contributed by atoms with Crippen LogP contribution in [0, 0.1) is 5.92 Å². The second-order valence-corrected chi connectivity index (χ2v) is 4.09. The van der Waals surface area contributed by atoms with Crippen LogP contribution in [0.1, 0.15) is 26.2 Å². The van der Waals surface area contributed by atoms with Crippen molar-refractivity contribution in [3.8, 4) is 0 Å². The van der Waals surface area contributed by atoms with Gasteiger partial charge in [0, 0.05) is 13.0 Å². The molecule has 7 heteroatoms. The molecule has 0 heterocycles. The number of aliphatic hydroxyl groups excluding tert-OH is 1. The molecule has 0 bridgehead atoms. The molecule has 0 fully saturated rings. The Labute approximate surface area is 97.8 Å². The molecule has 0 saturated heterocycles. The minimum Gasteiger partial charge on any atom is -0.481 e. The lowest BCUT2D eigenvalue weighted by atomic mass is 10.0. The fraction of sp³-hybridized carbons (Fsp3) is 0.900. The zero-order chi connectivity index (χ0) is 13.5. The van der Waals surface area contributed by atoms with Gasteiger partial charge in [0.25, 0.3) is 0 Å². The fourth-order valence-corrected chi connectivity index (χ4v) is 1.22. The van der Waals surface area contributed by atoms with Crippen molar-refractivity contribution in [1.82, 2.24) is 5.32 Å². The molecule has 17 heavy (non-hydrogen) atoms. The standard InChI is InChI=1S/C10H18F3NO3/c1-7(2-3-9(16)17)4-5-14-6-8(15)10(11,12)13/h7-8,14-15H,2-6H2,1H3,(H,16,17). The molecule has 0 amide bonds. The van der Waals surface area contributed by atoms with E-state index in [1.54, 1.807) is 0 Å². The molecule has 0 radical (unpaired) electrons. The van der Waals surface area contributed by atoms with Crippen LogP contribution in [0.4, 0.5) is 13.2 Å². The van der Waals surface area contributed by atoms with E-state index < -0.39 is 24.8 Å². The number of aliphatic carboxylic acids is 1. The molecule has 0 aliphatic heterocycles. The molecule has 0 rings (SSSR count). The summed E-state index contributed by atoms with van der Waals surface area (Å²) >= 11 is 0. The van der Waals surface area contributed by atoms with Crippen LogP contribution in [-0.4, -0.2) is 41.6 Å². The summed E-state index contributed by atoms with van der Waals surface area (Å²) in [6.07, 6.45) is -5.80. The summed E-state index contributed by atoms with van der Waals surface area (Å²) in [7, 11) is 0. The van der Waals surface area contributed by atoms with Crippen molar-refractivity contribution in [2.24, 2.45) is 5.92 Å².